The normalized spacial score (nSPS) is 10.8. The van der Waals surface area contributed by atoms with E-state index >= 15 is 0 Å². The first-order valence-electron chi connectivity index (χ1n) is 3.28. The van der Waals surface area contributed by atoms with Crippen molar-refractivity contribution < 1.29 is 5.11 Å². The van der Waals surface area contributed by atoms with Crippen LogP contribution < -0.4 is 0 Å². The maximum atomic E-state index is 9.22. The molecule has 0 saturated carbocycles. The fourth-order valence-corrected chi connectivity index (χ4v) is 2.98. The van der Waals surface area contributed by atoms with E-state index in [2.05, 4.69) is 28.6 Å². The third-order valence-electron chi connectivity index (χ3n) is 1.60. The van der Waals surface area contributed by atoms with E-state index in [1.807, 2.05) is 6.07 Å². The van der Waals surface area contributed by atoms with Gasteiger partial charge in [0, 0.05) is 15.0 Å². The molecule has 0 aliphatic rings. The van der Waals surface area contributed by atoms with Gasteiger partial charge in [0.2, 0.25) is 0 Å². The standard InChI is InChI=1S/C8H5BrOS2/c9-8-7(11)5-3-4(10)1-2-6(5)12-8/h1-3,10-11H. The van der Waals surface area contributed by atoms with Crippen LogP contribution in [0.25, 0.3) is 10.1 Å². The molecule has 0 spiro atoms. The van der Waals surface area contributed by atoms with Crippen LogP contribution in [0.4, 0.5) is 0 Å². The molecule has 0 atom stereocenters. The summed E-state index contributed by atoms with van der Waals surface area (Å²) in [5.74, 6) is 0.281. The average molecular weight is 261 g/mol. The molecule has 0 aliphatic carbocycles. The molecule has 0 fully saturated rings. The van der Waals surface area contributed by atoms with Crippen LogP contribution in [0.2, 0.25) is 0 Å². The second-order valence-electron chi connectivity index (χ2n) is 2.40. The summed E-state index contributed by atoms with van der Waals surface area (Å²) in [6, 6.07) is 5.29. The highest BCUT2D eigenvalue weighted by molar-refractivity contribution is 9.11. The second-order valence-corrected chi connectivity index (χ2v) is 5.22. The van der Waals surface area contributed by atoms with Crippen molar-refractivity contribution in [1.82, 2.24) is 0 Å². The molecule has 2 aromatic rings. The number of benzene rings is 1. The van der Waals surface area contributed by atoms with Gasteiger partial charge < -0.3 is 5.11 Å². The van der Waals surface area contributed by atoms with Crippen LogP contribution in [0, 0.1) is 0 Å². The smallest absolute Gasteiger partial charge is 0.116 e. The maximum Gasteiger partial charge on any atom is 0.116 e. The van der Waals surface area contributed by atoms with E-state index in [0.717, 1.165) is 18.8 Å². The van der Waals surface area contributed by atoms with Gasteiger partial charge in [0.15, 0.2) is 0 Å². The van der Waals surface area contributed by atoms with Crippen LogP contribution in [-0.2, 0) is 0 Å². The summed E-state index contributed by atoms with van der Waals surface area (Å²) in [7, 11) is 0. The summed E-state index contributed by atoms with van der Waals surface area (Å²) in [5.41, 5.74) is 0. The third kappa shape index (κ3) is 1.24. The lowest BCUT2D eigenvalue weighted by Gasteiger charge is -1.91. The summed E-state index contributed by atoms with van der Waals surface area (Å²) in [6.07, 6.45) is 0. The molecule has 2 rings (SSSR count). The van der Waals surface area contributed by atoms with Gasteiger partial charge >= 0.3 is 0 Å². The molecule has 12 heavy (non-hydrogen) atoms. The van der Waals surface area contributed by atoms with Gasteiger partial charge in [-0.05, 0) is 34.1 Å². The molecule has 1 aromatic carbocycles. The monoisotopic (exact) mass is 260 g/mol. The van der Waals surface area contributed by atoms with E-state index < -0.39 is 0 Å². The van der Waals surface area contributed by atoms with Crippen molar-refractivity contribution in [3.8, 4) is 5.75 Å². The first-order chi connectivity index (χ1) is 5.68. The number of aromatic hydroxyl groups is 1. The number of fused-ring (bicyclic) bond motifs is 1. The molecule has 1 heterocycles. The number of thiophene rings is 1. The Bertz CT molecular complexity index is 436. The van der Waals surface area contributed by atoms with Gasteiger partial charge in [-0.25, -0.2) is 0 Å². The molecular weight excluding hydrogens is 256 g/mol. The Morgan fingerprint density at radius 2 is 2.17 bits per heavy atom. The lowest BCUT2D eigenvalue weighted by atomic mass is 10.2. The summed E-state index contributed by atoms with van der Waals surface area (Å²) in [4.78, 5) is 0.894. The highest BCUT2D eigenvalue weighted by atomic mass is 79.9. The fraction of sp³-hybridized carbons (Fsp3) is 0. The zero-order valence-electron chi connectivity index (χ0n) is 5.91. The van der Waals surface area contributed by atoms with E-state index in [9.17, 15) is 5.11 Å². The first kappa shape index (κ1) is 8.41. The molecule has 0 amide bonds. The Hall–Kier alpha value is -0.190. The molecule has 4 heteroatoms. The van der Waals surface area contributed by atoms with Gasteiger partial charge in [-0.3, -0.25) is 0 Å². The summed E-state index contributed by atoms with van der Waals surface area (Å²) in [5, 5.41) is 10.2. The van der Waals surface area contributed by atoms with Gasteiger partial charge in [0.1, 0.15) is 5.75 Å². The molecule has 1 aromatic heterocycles. The third-order valence-corrected chi connectivity index (χ3v) is 4.37. The highest BCUT2D eigenvalue weighted by Gasteiger charge is 2.06. The Kier molecular flexibility index (Phi) is 2.06. The van der Waals surface area contributed by atoms with Gasteiger partial charge in [-0.2, -0.15) is 0 Å². The number of phenols is 1. The molecule has 0 bridgehead atoms. The maximum absolute atomic E-state index is 9.22. The lowest BCUT2D eigenvalue weighted by molar-refractivity contribution is 0.476. The zero-order chi connectivity index (χ0) is 8.72. The van der Waals surface area contributed by atoms with E-state index in [1.165, 1.54) is 0 Å². The minimum atomic E-state index is 0.281. The fourth-order valence-electron chi connectivity index (χ4n) is 1.04. The van der Waals surface area contributed by atoms with Gasteiger partial charge in [0.25, 0.3) is 0 Å². The lowest BCUT2D eigenvalue weighted by Crippen LogP contribution is -1.65. The Labute approximate surface area is 87.6 Å². The molecule has 62 valence electrons. The molecule has 0 aliphatic heterocycles. The minimum Gasteiger partial charge on any atom is -0.508 e. The van der Waals surface area contributed by atoms with Crippen molar-refractivity contribution in [2.24, 2.45) is 0 Å². The van der Waals surface area contributed by atoms with Crippen molar-refractivity contribution in [3.63, 3.8) is 0 Å². The predicted octanol–water partition coefficient (Wildman–Crippen LogP) is 3.66. The topological polar surface area (TPSA) is 20.2 Å². The van der Waals surface area contributed by atoms with E-state index in [1.54, 1.807) is 23.5 Å². The van der Waals surface area contributed by atoms with Gasteiger partial charge in [-0.15, -0.1) is 24.0 Å². The Morgan fingerprint density at radius 1 is 1.42 bits per heavy atom. The SMILES string of the molecule is Oc1ccc2sc(Br)c(S)c2c1. The van der Waals surface area contributed by atoms with Crippen LogP contribution >= 0.6 is 39.9 Å². The van der Waals surface area contributed by atoms with Crippen molar-refractivity contribution in [2.45, 2.75) is 4.90 Å². The van der Waals surface area contributed by atoms with Crippen LogP contribution in [-0.4, -0.2) is 5.11 Å². The van der Waals surface area contributed by atoms with Crippen molar-refractivity contribution in [2.75, 3.05) is 0 Å². The Morgan fingerprint density at radius 3 is 2.92 bits per heavy atom. The van der Waals surface area contributed by atoms with E-state index in [4.69, 9.17) is 0 Å². The van der Waals surface area contributed by atoms with Crippen LogP contribution in [0.3, 0.4) is 0 Å². The molecule has 0 saturated heterocycles. The molecule has 1 N–H and O–H groups in total. The number of hydrogen-bond donors (Lipinski definition) is 2. The summed E-state index contributed by atoms with van der Waals surface area (Å²) >= 11 is 9.32. The van der Waals surface area contributed by atoms with Gasteiger partial charge in [0.05, 0.1) is 3.79 Å². The van der Waals surface area contributed by atoms with Crippen molar-refractivity contribution in [3.05, 3.63) is 22.0 Å². The van der Waals surface area contributed by atoms with E-state index in [0.29, 0.717) is 0 Å². The number of halogens is 1. The number of rotatable bonds is 0. The summed E-state index contributed by atoms with van der Waals surface area (Å²) < 4.78 is 2.14. The molecule has 0 radical (unpaired) electrons. The number of hydrogen-bond acceptors (Lipinski definition) is 3. The van der Waals surface area contributed by atoms with Crippen molar-refractivity contribution >= 4 is 50.0 Å². The second kappa shape index (κ2) is 2.94. The largest absolute Gasteiger partial charge is 0.508 e. The Balaban J connectivity index is 2.88. The van der Waals surface area contributed by atoms with Gasteiger partial charge in [-0.1, -0.05) is 0 Å². The van der Waals surface area contributed by atoms with Crippen LogP contribution in [0.5, 0.6) is 5.75 Å². The summed E-state index contributed by atoms with van der Waals surface area (Å²) in [6.45, 7) is 0. The molecular formula is C8H5BrOS2. The zero-order valence-corrected chi connectivity index (χ0v) is 9.21. The number of thiol groups is 1. The quantitative estimate of drug-likeness (QED) is 0.693. The van der Waals surface area contributed by atoms with Crippen LogP contribution in [0.1, 0.15) is 0 Å². The highest BCUT2D eigenvalue weighted by Crippen LogP contribution is 2.38. The van der Waals surface area contributed by atoms with Crippen LogP contribution in [0.15, 0.2) is 26.9 Å². The molecule has 0 unspecified atom stereocenters. The molecule has 1 nitrogen and oxygen atoms in total. The van der Waals surface area contributed by atoms with Crippen molar-refractivity contribution in [1.29, 1.82) is 0 Å². The van der Waals surface area contributed by atoms with E-state index in [-0.39, 0.29) is 5.75 Å². The average Bonchev–Trinajstić information content (AvgIpc) is 2.31. The predicted molar refractivity (Wildman–Crippen MR) is 58.4 cm³/mol. The number of phenolic OH excluding ortho intramolecular Hbond substituents is 1. The first-order valence-corrected chi connectivity index (χ1v) is 5.34. The minimum absolute atomic E-state index is 0.281.